The second-order valence-corrected chi connectivity index (χ2v) is 8.59. The summed E-state index contributed by atoms with van der Waals surface area (Å²) in [6.45, 7) is 4.71. The van der Waals surface area contributed by atoms with Gasteiger partial charge in [0.15, 0.2) is 0 Å². The summed E-state index contributed by atoms with van der Waals surface area (Å²) in [5, 5.41) is 8.05. The van der Waals surface area contributed by atoms with Crippen LogP contribution in [0.4, 0.5) is 4.79 Å². The molecule has 0 spiro atoms. The Morgan fingerprint density at radius 3 is 2.55 bits per heavy atom. The number of halogens is 1. The van der Waals surface area contributed by atoms with E-state index in [2.05, 4.69) is 37.1 Å². The molecule has 0 atom stereocenters. The highest BCUT2D eigenvalue weighted by atomic mass is 79.9. The topological polar surface area (TPSA) is 98.6 Å². The van der Waals surface area contributed by atoms with Crippen LogP contribution < -0.4 is 5.73 Å². The van der Waals surface area contributed by atoms with Crippen molar-refractivity contribution < 1.29 is 9.59 Å². The van der Waals surface area contributed by atoms with Gasteiger partial charge in [-0.05, 0) is 52.9 Å². The number of likely N-dealkylation sites (tertiary alicyclic amines) is 1. The fraction of sp³-hybridized carbons (Fsp3) is 0.500. The maximum absolute atomic E-state index is 12.6. The maximum Gasteiger partial charge on any atom is 0.314 e. The Balaban J connectivity index is 1.24. The van der Waals surface area contributed by atoms with Crippen LogP contribution in [0, 0.1) is 6.42 Å². The van der Waals surface area contributed by atoms with E-state index < -0.39 is 0 Å². The molecular weight excluding hydrogens is 436 g/mol. The molecule has 1 aromatic carbocycles. The normalized spacial score (nSPS) is 19.1. The third kappa shape index (κ3) is 4.56. The Morgan fingerprint density at radius 2 is 1.86 bits per heavy atom. The van der Waals surface area contributed by atoms with Gasteiger partial charge < -0.3 is 15.5 Å². The zero-order chi connectivity index (χ0) is 20.4. The first kappa shape index (κ1) is 20.2. The van der Waals surface area contributed by atoms with Crippen LogP contribution in [0.15, 0.2) is 22.8 Å². The van der Waals surface area contributed by atoms with Crippen molar-refractivity contribution in [3.63, 3.8) is 0 Å². The van der Waals surface area contributed by atoms with Crippen LogP contribution in [-0.4, -0.2) is 82.1 Å². The first-order chi connectivity index (χ1) is 14.0. The SMILES string of the molecule is NC(=O)N1CCC(N2CCN(C(=O)[CH]Cc3cc(Br)c4[nH]ncc4c3)CC2)CC1. The van der Waals surface area contributed by atoms with E-state index in [0.29, 0.717) is 12.5 Å². The Labute approximate surface area is 178 Å². The summed E-state index contributed by atoms with van der Waals surface area (Å²) in [4.78, 5) is 30.0. The lowest BCUT2D eigenvalue weighted by atomic mass is 10.0. The molecule has 29 heavy (non-hydrogen) atoms. The zero-order valence-corrected chi connectivity index (χ0v) is 17.9. The number of urea groups is 1. The molecule has 9 heteroatoms. The second kappa shape index (κ2) is 8.71. The number of hydrogen-bond acceptors (Lipinski definition) is 4. The van der Waals surface area contributed by atoms with Crippen LogP contribution in [-0.2, 0) is 11.2 Å². The number of amides is 3. The molecule has 2 aliphatic rings. The molecule has 0 saturated carbocycles. The summed E-state index contributed by atoms with van der Waals surface area (Å²) in [5.41, 5.74) is 7.41. The van der Waals surface area contributed by atoms with E-state index in [1.54, 1.807) is 17.5 Å². The number of nitrogens with zero attached hydrogens (tertiary/aromatic N) is 4. The number of nitrogens with one attached hydrogen (secondary N) is 1. The lowest BCUT2D eigenvalue weighted by molar-refractivity contribution is -0.129. The molecule has 3 heterocycles. The second-order valence-electron chi connectivity index (χ2n) is 7.74. The molecule has 4 rings (SSSR count). The minimum absolute atomic E-state index is 0.0941. The minimum Gasteiger partial charge on any atom is -0.351 e. The van der Waals surface area contributed by atoms with Crippen molar-refractivity contribution in [3.8, 4) is 0 Å². The number of aromatic nitrogens is 2. The fourth-order valence-electron chi connectivity index (χ4n) is 4.28. The number of fused-ring (bicyclic) bond motifs is 1. The predicted octanol–water partition coefficient (Wildman–Crippen LogP) is 1.76. The van der Waals surface area contributed by atoms with Gasteiger partial charge in [-0.15, -0.1) is 0 Å². The highest BCUT2D eigenvalue weighted by Crippen LogP contribution is 2.24. The number of nitrogens with two attached hydrogens (primary N) is 1. The monoisotopic (exact) mass is 461 g/mol. The largest absolute Gasteiger partial charge is 0.351 e. The van der Waals surface area contributed by atoms with Crippen LogP contribution in [0.2, 0.25) is 0 Å². The molecule has 2 fully saturated rings. The predicted molar refractivity (Wildman–Crippen MR) is 114 cm³/mol. The number of H-pyrrole nitrogens is 1. The van der Waals surface area contributed by atoms with Crippen LogP contribution in [0.5, 0.6) is 0 Å². The lowest BCUT2D eigenvalue weighted by Gasteiger charge is -2.42. The van der Waals surface area contributed by atoms with E-state index in [1.165, 1.54) is 0 Å². The third-order valence-corrected chi connectivity index (χ3v) is 6.62. The average molecular weight is 462 g/mol. The van der Waals surface area contributed by atoms with E-state index in [0.717, 1.165) is 73.0 Å². The smallest absolute Gasteiger partial charge is 0.314 e. The average Bonchev–Trinajstić information content (AvgIpc) is 3.21. The van der Waals surface area contributed by atoms with Gasteiger partial charge >= 0.3 is 6.03 Å². The number of piperidine rings is 1. The zero-order valence-electron chi connectivity index (χ0n) is 16.3. The van der Waals surface area contributed by atoms with Crippen molar-refractivity contribution in [3.05, 3.63) is 34.8 Å². The summed E-state index contributed by atoms with van der Waals surface area (Å²) in [6.07, 6.45) is 6.07. The number of hydrogen-bond donors (Lipinski definition) is 2. The van der Waals surface area contributed by atoms with Crippen molar-refractivity contribution >= 4 is 38.8 Å². The van der Waals surface area contributed by atoms with Crippen molar-refractivity contribution in [1.82, 2.24) is 24.9 Å². The molecule has 3 N–H and O–H groups in total. The summed E-state index contributed by atoms with van der Waals surface area (Å²) >= 11 is 3.55. The molecule has 8 nitrogen and oxygen atoms in total. The van der Waals surface area contributed by atoms with Gasteiger partial charge in [-0.1, -0.05) is 0 Å². The van der Waals surface area contributed by atoms with E-state index in [4.69, 9.17) is 5.73 Å². The molecule has 2 saturated heterocycles. The van der Waals surface area contributed by atoms with Gasteiger partial charge in [0.1, 0.15) is 0 Å². The lowest BCUT2D eigenvalue weighted by Crippen LogP contribution is -2.55. The van der Waals surface area contributed by atoms with Gasteiger partial charge in [0.25, 0.3) is 0 Å². The maximum atomic E-state index is 12.6. The summed E-state index contributed by atoms with van der Waals surface area (Å²) in [7, 11) is 0. The van der Waals surface area contributed by atoms with Gasteiger partial charge in [-0.25, -0.2) is 4.79 Å². The van der Waals surface area contributed by atoms with Gasteiger partial charge in [-0.2, -0.15) is 5.10 Å². The molecule has 0 unspecified atom stereocenters. The molecule has 2 aliphatic heterocycles. The molecule has 0 bridgehead atoms. The van der Waals surface area contributed by atoms with Gasteiger partial charge in [0, 0.05) is 55.2 Å². The van der Waals surface area contributed by atoms with Crippen molar-refractivity contribution in [2.24, 2.45) is 5.73 Å². The van der Waals surface area contributed by atoms with Crippen LogP contribution in [0.1, 0.15) is 18.4 Å². The van der Waals surface area contributed by atoms with Crippen LogP contribution in [0.3, 0.4) is 0 Å². The molecule has 155 valence electrons. The number of carbonyl (C=O) groups is 2. The van der Waals surface area contributed by atoms with E-state index in [1.807, 2.05) is 11.0 Å². The Kier molecular flexibility index (Phi) is 6.05. The van der Waals surface area contributed by atoms with Gasteiger partial charge in [0.2, 0.25) is 5.91 Å². The van der Waals surface area contributed by atoms with E-state index in [9.17, 15) is 9.59 Å². The van der Waals surface area contributed by atoms with Gasteiger partial charge in [-0.3, -0.25) is 14.8 Å². The molecular formula is C20H26BrN6O2. The Hall–Kier alpha value is -2.13. The van der Waals surface area contributed by atoms with Crippen molar-refractivity contribution in [1.29, 1.82) is 0 Å². The number of aromatic amines is 1. The highest BCUT2D eigenvalue weighted by Gasteiger charge is 2.29. The molecule has 2 aromatic rings. The summed E-state index contributed by atoms with van der Waals surface area (Å²) in [5.74, 6) is 0.0941. The third-order valence-electron chi connectivity index (χ3n) is 5.99. The molecule has 0 aliphatic carbocycles. The van der Waals surface area contributed by atoms with Crippen LogP contribution >= 0.6 is 15.9 Å². The fourth-order valence-corrected chi connectivity index (χ4v) is 4.90. The van der Waals surface area contributed by atoms with E-state index >= 15 is 0 Å². The standard InChI is InChI=1S/C20H26BrN6O2/c21-17-12-14(11-15-13-23-24-19(15)17)1-2-18(28)26-9-7-25(8-10-26)16-3-5-27(6-4-16)20(22)29/h2,11-13,16H,1,3-10H2,(H2,22,29)(H,23,24). The Bertz CT molecular complexity index is 884. The highest BCUT2D eigenvalue weighted by molar-refractivity contribution is 9.10. The quantitative estimate of drug-likeness (QED) is 0.724. The van der Waals surface area contributed by atoms with Crippen molar-refractivity contribution in [2.75, 3.05) is 39.3 Å². The number of piperazine rings is 1. The minimum atomic E-state index is -0.326. The Morgan fingerprint density at radius 1 is 1.14 bits per heavy atom. The molecule has 1 radical (unpaired) electrons. The first-order valence-corrected chi connectivity index (χ1v) is 10.8. The first-order valence-electron chi connectivity index (χ1n) is 10.0. The number of carbonyl (C=O) groups excluding carboxylic acids is 2. The van der Waals surface area contributed by atoms with Crippen molar-refractivity contribution in [2.45, 2.75) is 25.3 Å². The number of primary amides is 1. The van der Waals surface area contributed by atoms with E-state index in [-0.39, 0.29) is 11.9 Å². The summed E-state index contributed by atoms with van der Waals surface area (Å²) in [6, 6.07) is 4.24. The number of benzene rings is 1. The molecule has 1 aromatic heterocycles. The number of rotatable bonds is 4. The van der Waals surface area contributed by atoms with Crippen LogP contribution in [0.25, 0.3) is 10.9 Å². The summed E-state index contributed by atoms with van der Waals surface area (Å²) < 4.78 is 0.958. The molecule has 3 amide bonds. The van der Waals surface area contributed by atoms with Gasteiger partial charge in [0.05, 0.1) is 18.1 Å².